The normalized spacial score (nSPS) is 13.5. The number of benzene rings is 1. The number of hydrogen-bond acceptors (Lipinski definition) is 2. The first kappa shape index (κ1) is 10.0. The van der Waals surface area contributed by atoms with E-state index in [1.807, 2.05) is 36.9 Å². The maximum atomic E-state index is 12.2. The minimum absolute atomic E-state index is 0.0736. The molecule has 3 heteroatoms. The fourth-order valence-corrected chi connectivity index (χ4v) is 2.01. The van der Waals surface area contributed by atoms with Crippen molar-refractivity contribution in [2.75, 3.05) is 4.90 Å². The molecule has 0 saturated carbocycles. The molecule has 1 aromatic heterocycles. The van der Waals surface area contributed by atoms with E-state index >= 15 is 0 Å². The molecule has 2 aromatic rings. The largest absolute Gasteiger partial charge is 0.301 e. The summed E-state index contributed by atoms with van der Waals surface area (Å²) in [6.45, 7) is 1.90. The Labute approximate surface area is 99.7 Å². The molecule has 83 valence electrons. The Kier molecular flexibility index (Phi) is 2.37. The maximum Gasteiger partial charge on any atom is 0.277 e. The molecule has 1 aromatic carbocycles. The number of aromatic nitrogens is 1. The SMILES string of the molecule is O=C(c1ccccn1)N1[CH]Cc2ccccc21. The fourth-order valence-electron chi connectivity index (χ4n) is 2.01. The molecule has 0 saturated heterocycles. The fraction of sp³-hybridized carbons (Fsp3) is 0.0714. The highest BCUT2D eigenvalue weighted by Crippen LogP contribution is 2.30. The van der Waals surface area contributed by atoms with Gasteiger partial charge in [0.2, 0.25) is 0 Å². The lowest BCUT2D eigenvalue weighted by Gasteiger charge is -2.15. The predicted molar refractivity (Wildman–Crippen MR) is 65.5 cm³/mol. The van der Waals surface area contributed by atoms with Crippen LogP contribution < -0.4 is 4.90 Å². The smallest absolute Gasteiger partial charge is 0.277 e. The van der Waals surface area contributed by atoms with Crippen molar-refractivity contribution in [1.82, 2.24) is 4.98 Å². The van der Waals surface area contributed by atoms with E-state index in [-0.39, 0.29) is 5.91 Å². The van der Waals surface area contributed by atoms with Crippen LogP contribution in [-0.4, -0.2) is 10.9 Å². The van der Waals surface area contributed by atoms with Gasteiger partial charge in [-0.1, -0.05) is 24.3 Å². The van der Waals surface area contributed by atoms with Crippen LogP contribution in [0.4, 0.5) is 5.69 Å². The van der Waals surface area contributed by atoms with Crippen LogP contribution >= 0.6 is 0 Å². The van der Waals surface area contributed by atoms with Crippen LogP contribution in [0.3, 0.4) is 0 Å². The number of hydrogen-bond donors (Lipinski definition) is 0. The lowest BCUT2D eigenvalue weighted by atomic mass is 10.2. The van der Waals surface area contributed by atoms with Crippen LogP contribution in [0.25, 0.3) is 0 Å². The zero-order valence-corrected chi connectivity index (χ0v) is 9.21. The van der Waals surface area contributed by atoms with Crippen molar-refractivity contribution in [3.05, 3.63) is 66.5 Å². The number of carbonyl (C=O) groups excluding carboxylic acids is 1. The number of fused-ring (bicyclic) bond motifs is 1. The van der Waals surface area contributed by atoms with Crippen molar-refractivity contribution in [1.29, 1.82) is 0 Å². The summed E-state index contributed by atoms with van der Waals surface area (Å²) >= 11 is 0. The Morgan fingerprint density at radius 3 is 2.76 bits per heavy atom. The van der Waals surface area contributed by atoms with Gasteiger partial charge < -0.3 is 4.90 Å². The summed E-state index contributed by atoms with van der Waals surface area (Å²) in [5.41, 5.74) is 2.61. The molecule has 0 unspecified atom stereocenters. The van der Waals surface area contributed by atoms with E-state index in [2.05, 4.69) is 4.98 Å². The van der Waals surface area contributed by atoms with E-state index in [4.69, 9.17) is 0 Å². The Bertz CT molecular complexity index is 551. The summed E-state index contributed by atoms with van der Waals surface area (Å²) in [6, 6.07) is 13.3. The number of pyridine rings is 1. The van der Waals surface area contributed by atoms with E-state index in [0.717, 1.165) is 12.1 Å². The molecule has 0 spiro atoms. The maximum absolute atomic E-state index is 12.2. The van der Waals surface area contributed by atoms with Crippen LogP contribution in [0, 0.1) is 6.54 Å². The second kappa shape index (κ2) is 4.01. The highest BCUT2D eigenvalue weighted by Gasteiger charge is 2.25. The lowest BCUT2D eigenvalue weighted by molar-refractivity contribution is 0.0990. The molecule has 3 rings (SSSR count). The molecule has 2 heterocycles. The van der Waals surface area contributed by atoms with Gasteiger partial charge in [0, 0.05) is 11.9 Å². The summed E-state index contributed by atoms with van der Waals surface area (Å²) in [7, 11) is 0. The Hall–Kier alpha value is -2.16. The zero-order valence-electron chi connectivity index (χ0n) is 9.21. The first-order valence-corrected chi connectivity index (χ1v) is 5.52. The average molecular weight is 223 g/mol. The first-order valence-electron chi connectivity index (χ1n) is 5.52. The molecule has 1 aliphatic rings. The van der Waals surface area contributed by atoms with E-state index in [0.29, 0.717) is 5.69 Å². The molecule has 1 radical (unpaired) electrons. The third kappa shape index (κ3) is 1.69. The molecule has 0 atom stereocenters. The number of nitrogens with zero attached hydrogens (tertiary/aromatic N) is 2. The van der Waals surface area contributed by atoms with E-state index in [1.54, 1.807) is 23.2 Å². The summed E-state index contributed by atoms with van der Waals surface area (Å²) in [5, 5.41) is 0. The summed E-state index contributed by atoms with van der Waals surface area (Å²) in [6.07, 6.45) is 2.43. The second-order valence-electron chi connectivity index (χ2n) is 3.91. The van der Waals surface area contributed by atoms with Gasteiger partial charge in [0.05, 0.1) is 6.54 Å². The standard InChI is InChI=1S/C14H11N2O/c17-14(12-6-3-4-9-15-12)16-10-8-11-5-1-2-7-13(11)16/h1-7,9-10H,8H2. The Balaban J connectivity index is 1.95. The number of para-hydroxylation sites is 1. The molecule has 0 fully saturated rings. The lowest BCUT2D eigenvalue weighted by Crippen LogP contribution is -2.26. The number of anilines is 1. The number of rotatable bonds is 1. The van der Waals surface area contributed by atoms with Gasteiger partial charge in [-0.15, -0.1) is 0 Å². The number of amides is 1. The molecule has 17 heavy (non-hydrogen) atoms. The van der Waals surface area contributed by atoms with Crippen molar-refractivity contribution >= 4 is 11.6 Å². The molecule has 1 amide bonds. The van der Waals surface area contributed by atoms with Crippen LogP contribution in [0.15, 0.2) is 48.7 Å². The van der Waals surface area contributed by atoms with Crippen molar-refractivity contribution < 1.29 is 4.79 Å². The summed E-state index contributed by atoms with van der Waals surface area (Å²) in [5.74, 6) is -0.0736. The van der Waals surface area contributed by atoms with Crippen molar-refractivity contribution in [3.63, 3.8) is 0 Å². The van der Waals surface area contributed by atoms with Crippen molar-refractivity contribution in [2.24, 2.45) is 0 Å². The average Bonchev–Trinajstić information content (AvgIpc) is 2.83. The van der Waals surface area contributed by atoms with Gasteiger partial charge >= 0.3 is 0 Å². The molecular formula is C14H11N2O. The highest BCUT2D eigenvalue weighted by atomic mass is 16.2. The minimum Gasteiger partial charge on any atom is -0.301 e. The van der Waals surface area contributed by atoms with Crippen molar-refractivity contribution in [3.8, 4) is 0 Å². The van der Waals surface area contributed by atoms with Gasteiger partial charge in [-0.25, -0.2) is 0 Å². The topological polar surface area (TPSA) is 33.2 Å². The molecule has 3 nitrogen and oxygen atoms in total. The Morgan fingerprint density at radius 1 is 1.12 bits per heavy atom. The van der Waals surface area contributed by atoms with Crippen LogP contribution in [0.5, 0.6) is 0 Å². The third-order valence-electron chi connectivity index (χ3n) is 2.85. The molecule has 0 aliphatic carbocycles. The first-order chi connectivity index (χ1) is 8.36. The van der Waals surface area contributed by atoms with Gasteiger partial charge in [0.25, 0.3) is 5.91 Å². The quantitative estimate of drug-likeness (QED) is 0.744. The summed E-state index contributed by atoms with van der Waals surface area (Å²) in [4.78, 5) is 18.0. The summed E-state index contributed by atoms with van der Waals surface area (Å²) < 4.78 is 0. The van der Waals surface area contributed by atoms with Crippen LogP contribution in [0.2, 0.25) is 0 Å². The van der Waals surface area contributed by atoms with Gasteiger partial charge in [-0.2, -0.15) is 0 Å². The number of carbonyl (C=O) groups is 1. The van der Waals surface area contributed by atoms with Crippen LogP contribution in [0.1, 0.15) is 16.1 Å². The Morgan fingerprint density at radius 2 is 1.94 bits per heavy atom. The molecular weight excluding hydrogens is 212 g/mol. The van der Waals surface area contributed by atoms with Gasteiger partial charge in [-0.05, 0) is 30.2 Å². The molecule has 0 bridgehead atoms. The van der Waals surface area contributed by atoms with Crippen molar-refractivity contribution in [2.45, 2.75) is 6.42 Å². The third-order valence-corrected chi connectivity index (χ3v) is 2.85. The van der Waals surface area contributed by atoms with E-state index in [9.17, 15) is 4.79 Å². The minimum atomic E-state index is -0.0736. The zero-order chi connectivity index (χ0) is 11.7. The van der Waals surface area contributed by atoms with E-state index in [1.165, 1.54) is 5.56 Å². The van der Waals surface area contributed by atoms with E-state index < -0.39 is 0 Å². The second-order valence-corrected chi connectivity index (χ2v) is 3.91. The van der Waals surface area contributed by atoms with Gasteiger partial charge in [0.1, 0.15) is 5.69 Å². The monoisotopic (exact) mass is 223 g/mol. The molecule has 0 N–H and O–H groups in total. The van der Waals surface area contributed by atoms with Gasteiger partial charge in [-0.3, -0.25) is 9.78 Å². The van der Waals surface area contributed by atoms with Gasteiger partial charge in [0.15, 0.2) is 0 Å². The molecule has 1 aliphatic heterocycles. The highest BCUT2D eigenvalue weighted by molar-refractivity contribution is 6.07. The predicted octanol–water partition coefficient (Wildman–Crippen LogP) is 2.45. The van der Waals surface area contributed by atoms with Crippen LogP contribution in [-0.2, 0) is 6.42 Å².